The smallest absolute Gasteiger partial charge is 0.128 e. The Morgan fingerprint density at radius 2 is 1.95 bits per heavy atom. The van der Waals surface area contributed by atoms with Crippen molar-refractivity contribution in [1.29, 1.82) is 0 Å². The minimum Gasteiger partial charge on any atom is -0.488 e. The molecule has 0 bridgehead atoms. The Morgan fingerprint density at radius 1 is 1.25 bits per heavy atom. The number of methoxy groups -OCH3 is 1. The van der Waals surface area contributed by atoms with Crippen molar-refractivity contribution in [3.63, 3.8) is 0 Å². The van der Waals surface area contributed by atoms with Crippen LogP contribution in [0.4, 0.5) is 0 Å². The molecule has 3 heteroatoms. The lowest BCUT2D eigenvalue weighted by atomic mass is 9.85. The van der Waals surface area contributed by atoms with E-state index in [1.807, 2.05) is 0 Å². The summed E-state index contributed by atoms with van der Waals surface area (Å²) in [6, 6.07) is 8.85. The topological polar surface area (TPSA) is 30.5 Å². The lowest BCUT2D eigenvalue weighted by Crippen LogP contribution is -2.61. The Labute approximate surface area is 122 Å². The molecular weight excluding hydrogens is 250 g/mol. The van der Waals surface area contributed by atoms with E-state index >= 15 is 0 Å². The van der Waals surface area contributed by atoms with Gasteiger partial charge in [0, 0.05) is 19.6 Å². The molecule has 3 unspecified atom stereocenters. The van der Waals surface area contributed by atoms with Gasteiger partial charge in [-0.25, -0.2) is 0 Å². The third-order valence-electron chi connectivity index (χ3n) is 4.01. The fourth-order valence-electron chi connectivity index (χ4n) is 2.65. The van der Waals surface area contributed by atoms with Crippen LogP contribution < -0.4 is 10.1 Å². The minimum atomic E-state index is 0.159. The van der Waals surface area contributed by atoms with Gasteiger partial charge in [-0.05, 0) is 36.6 Å². The summed E-state index contributed by atoms with van der Waals surface area (Å²) >= 11 is 0. The van der Waals surface area contributed by atoms with Crippen LogP contribution in [0, 0.1) is 0 Å². The van der Waals surface area contributed by atoms with Crippen LogP contribution >= 0.6 is 0 Å². The third-order valence-corrected chi connectivity index (χ3v) is 4.01. The highest BCUT2D eigenvalue weighted by Crippen LogP contribution is 2.29. The largest absolute Gasteiger partial charge is 0.488 e. The summed E-state index contributed by atoms with van der Waals surface area (Å²) in [6.07, 6.45) is 2.49. The van der Waals surface area contributed by atoms with E-state index in [-0.39, 0.29) is 12.2 Å². The summed E-state index contributed by atoms with van der Waals surface area (Å²) in [6.45, 7) is 7.62. The summed E-state index contributed by atoms with van der Waals surface area (Å²) in [7, 11) is 1.77. The van der Waals surface area contributed by atoms with Crippen LogP contribution in [0.1, 0.15) is 45.1 Å². The summed E-state index contributed by atoms with van der Waals surface area (Å²) in [5, 5.41) is 3.50. The maximum Gasteiger partial charge on any atom is 0.128 e. The fraction of sp³-hybridized carbons (Fsp3) is 0.647. The highest BCUT2D eigenvalue weighted by molar-refractivity contribution is 5.29. The number of hydrogen-bond acceptors (Lipinski definition) is 3. The molecular formula is C17H27NO2. The zero-order valence-corrected chi connectivity index (χ0v) is 13.1. The van der Waals surface area contributed by atoms with Crippen LogP contribution in [0.5, 0.6) is 5.75 Å². The Hall–Kier alpha value is -1.06. The summed E-state index contributed by atoms with van der Waals surface area (Å²) in [5.41, 5.74) is 1.34. The molecule has 1 aromatic rings. The Bertz CT molecular complexity index is 402. The van der Waals surface area contributed by atoms with Gasteiger partial charge >= 0.3 is 0 Å². The van der Waals surface area contributed by atoms with Crippen LogP contribution in [-0.4, -0.2) is 31.9 Å². The van der Waals surface area contributed by atoms with Gasteiger partial charge in [0.2, 0.25) is 0 Å². The Morgan fingerprint density at radius 3 is 2.50 bits per heavy atom. The second kappa shape index (κ2) is 7.09. The molecule has 0 aromatic heterocycles. The number of rotatable bonds is 7. The predicted molar refractivity (Wildman–Crippen MR) is 82.4 cm³/mol. The summed E-state index contributed by atoms with van der Waals surface area (Å²) < 4.78 is 11.6. The van der Waals surface area contributed by atoms with Crippen molar-refractivity contribution >= 4 is 0 Å². The van der Waals surface area contributed by atoms with Gasteiger partial charge in [0.1, 0.15) is 18.0 Å². The molecule has 1 aliphatic carbocycles. The van der Waals surface area contributed by atoms with Gasteiger partial charge in [-0.15, -0.1) is 0 Å². The quantitative estimate of drug-likeness (QED) is 0.829. The zero-order chi connectivity index (χ0) is 14.5. The molecule has 0 amide bonds. The predicted octanol–water partition coefficient (Wildman–Crippen LogP) is 3.34. The monoisotopic (exact) mass is 277 g/mol. The van der Waals surface area contributed by atoms with Gasteiger partial charge in [-0.2, -0.15) is 0 Å². The standard InChI is InChI=1S/C17H27NO2/c1-5-10-18-15-11-16(17(15)19-4)20-14-8-6-13(7-9-14)12(2)3/h6-9,12,15-18H,5,10-11H2,1-4H3. The normalized spacial score (nSPS) is 25.6. The molecule has 3 atom stereocenters. The third kappa shape index (κ3) is 3.53. The molecule has 1 aromatic carbocycles. The maximum atomic E-state index is 6.03. The molecule has 2 rings (SSSR count). The number of hydrogen-bond donors (Lipinski definition) is 1. The second-order valence-corrected chi connectivity index (χ2v) is 5.88. The first kappa shape index (κ1) is 15.3. The van der Waals surface area contributed by atoms with Crippen molar-refractivity contribution in [1.82, 2.24) is 5.32 Å². The van der Waals surface area contributed by atoms with Crippen molar-refractivity contribution in [3.8, 4) is 5.75 Å². The zero-order valence-electron chi connectivity index (χ0n) is 13.1. The first-order valence-corrected chi connectivity index (χ1v) is 7.68. The van der Waals surface area contributed by atoms with Crippen LogP contribution in [0.3, 0.4) is 0 Å². The number of nitrogens with one attached hydrogen (secondary N) is 1. The molecule has 0 aliphatic heterocycles. The summed E-state index contributed by atoms with van der Waals surface area (Å²) in [4.78, 5) is 0. The van der Waals surface area contributed by atoms with E-state index in [4.69, 9.17) is 9.47 Å². The first-order valence-electron chi connectivity index (χ1n) is 7.68. The molecule has 20 heavy (non-hydrogen) atoms. The van der Waals surface area contributed by atoms with E-state index in [0.717, 1.165) is 25.1 Å². The number of ether oxygens (including phenoxy) is 2. The van der Waals surface area contributed by atoms with Gasteiger partial charge in [0.25, 0.3) is 0 Å². The molecule has 1 N–H and O–H groups in total. The number of benzene rings is 1. The molecule has 0 spiro atoms. The van der Waals surface area contributed by atoms with Gasteiger partial charge in [0.15, 0.2) is 0 Å². The molecule has 1 saturated carbocycles. The van der Waals surface area contributed by atoms with Crippen molar-refractivity contribution in [2.45, 2.75) is 57.8 Å². The van der Waals surface area contributed by atoms with Crippen molar-refractivity contribution in [2.75, 3.05) is 13.7 Å². The molecule has 1 fully saturated rings. The lowest BCUT2D eigenvalue weighted by molar-refractivity contribution is -0.0887. The molecule has 0 radical (unpaired) electrons. The first-order chi connectivity index (χ1) is 9.65. The van der Waals surface area contributed by atoms with Gasteiger partial charge in [-0.3, -0.25) is 0 Å². The molecule has 1 aliphatic rings. The molecule has 112 valence electrons. The van der Waals surface area contributed by atoms with Crippen LogP contribution in [0.25, 0.3) is 0 Å². The Balaban J connectivity index is 1.87. The van der Waals surface area contributed by atoms with Crippen molar-refractivity contribution < 1.29 is 9.47 Å². The van der Waals surface area contributed by atoms with Gasteiger partial charge in [0.05, 0.1) is 0 Å². The van der Waals surface area contributed by atoms with Crippen molar-refractivity contribution in [2.24, 2.45) is 0 Å². The second-order valence-electron chi connectivity index (χ2n) is 5.88. The van der Waals surface area contributed by atoms with E-state index < -0.39 is 0 Å². The van der Waals surface area contributed by atoms with Crippen LogP contribution in [-0.2, 0) is 4.74 Å². The average molecular weight is 277 g/mol. The van der Waals surface area contributed by atoms with E-state index in [1.165, 1.54) is 5.56 Å². The maximum absolute atomic E-state index is 6.03. The summed E-state index contributed by atoms with van der Waals surface area (Å²) in [5.74, 6) is 1.50. The van der Waals surface area contributed by atoms with Crippen molar-refractivity contribution in [3.05, 3.63) is 29.8 Å². The van der Waals surface area contributed by atoms with E-state index in [2.05, 4.69) is 50.4 Å². The van der Waals surface area contributed by atoms with Crippen LogP contribution in [0.15, 0.2) is 24.3 Å². The van der Waals surface area contributed by atoms with Gasteiger partial charge in [-0.1, -0.05) is 32.9 Å². The highest BCUT2D eigenvalue weighted by atomic mass is 16.5. The van der Waals surface area contributed by atoms with E-state index in [0.29, 0.717) is 12.0 Å². The Kier molecular flexibility index (Phi) is 5.44. The molecule has 0 heterocycles. The molecule has 0 saturated heterocycles. The average Bonchev–Trinajstić information content (AvgIpc) is 2.43. The van der Waals surface area contributed by atoms with Crippen LogP contribution in [0.2, 0.25) is 0 Å². The minimum absolute atomic E-state index is 0.159. The lowest BCUT2D eigenvalue weighted by Gasteiger charge is -2.43. The van der Waals surface area contributed by atoms with Gasteiger partial charge < -0.3 is 14.8 Å². The fourth-order valence-corrected chi connectivity index (χ4v) is 2.65. The highest BCUT2D eigenvalue weighted by Gasteiger charge is 2.42. The molecule has 3 nitrogen and oxygen atoms in total. The van der Waals surface area contributed by atoms with E-state index in [9.17, 15) is 0 Å². The van der Waals surface area contributed by atoms with E-state index in [1.54, 1.807) is 7.11 Å². The SMILES string of the molecule is CCCNC1CC(Oc2ccc(C(C)C)cc2)C1OC.